The highest BCUT2D eigenvalue weighted by molar-refractivity contribution is 5.87. The van der Waals surface area contributed by atoms with Crippen molar-refractivity contribution in [2.24, 2.45) is 11.8 Å². The van der Waals surface area contributed by atoms with Crippen LogP contribution in [0.4, 0.5) is 4.79 Å². The van der Waals surface area contributed by atoms with Gasteiger partial charge in [0.25, 0.3) is 0 Å². The van der Waals surface area contributed by atoms with Crippen molar-refractivity contribution in [3.63, 3.8) is 0 Å². The fraction of sp³-hybridized carbons (Fsp3) is 0.880. The number of amides is 3. The Balaban J connectivity index is 1.86. The molecule has 0 aromatic heterocycles. The van der Waals surface area contributed by atoms with Crippen molar-refractivity contribution >= 4 is 17.9 Å². The third kappa shape index (κ3) is 6.40. The van der Waals surface area contributed by atoms with E-state index in [4.69, 9.17) is 9.47 Å². The molecule has 3 fully saturated rings. The van der Waals surface area contributed by atoms with E-state index in [1.54, 1.807) is 9.80 Å². The van der Waals surface area contributed by atoms with Gasteiger partial charge in [-0.2, -0.15) is 0 Å². The van der Waals surface area contributed by atoms with E-state index in [0.717, 1.165) is 25.7 Å². The van der Waals surface area contributed by atoms with E-state index >= 15 is 0 Å². The Morgan fingerprint density at radius 3 is 2.15 bits per heavy atom. The van der Waals surface area contributed by atoms with Gasteiger partial charge in [-0.15, -0.1) is 0 Å². The summed E-state index contributed by atoms with van der Waals surface area (Å²) >= 11 is 0. The fourth-order valence-electron chi connectivity index (χ4n) is 5.24. The third-order valence-electron chi connectivity index (χ3n) is 7.04. The molecule has 8 nitrogen and oxygen atoms in total. The van der Waals surface area contributed by atoms with Crippen molar-refractivity contribution in [1.82, 2.24) is 14.7 Å². The van der Waals surface area contributed by atoms with Crippen molar-refractivity contribution in [3.05, 3.63) is 0 Å². The molecule has 2 atom stereocenters. The second kappa shape index (κ2) is 10.6. The number of hydrogen-bond donors (Lipinski definition) is 0. The summed E-state index contributed by atoms with van der Waals surface area (Å²) in [6, 6.07) is -0.632. The van der Waals surface area contributed by atoms with Crippen molar-refractivity contribution in [1.29, 1.82) is 0 Å². The van der Waals surface area contributed by atoms with Crippen LogP contribution in [0.15, 0.2) is 0 Å². The van der Waals surface area contributed by atoms with Gasteiger partial charge in [0.1, 0.15) is 11.6 Å². The average molecular weight is 466 g/mol. The lowest BCUT2D eigenvalue weighted by molar-refractivity contribution is -0.142. The summed E-state index contributed by atoms with van der Waals surface area (Å²) in [5, 5.41) is 0. The van der Waals surface area contributed by atoms with Gasteiger partial charge in [0.2, 0.25) is 11.8 Å². The molecular weight excluding hydrogens is 422 g/mol. The summed E-state index contributed by atoms with van der Waals surface area (Å²) in [5.74, 6) is 0.590. The number of likely N-dealkylation sites (tertiary alicyclic amines) is 1. The number of carbonyl (C=O) groups is 3. The molecule has 0 spiro atoms. The molecule has 8 heteroatoms. The molecule has 0 radical (unpaired) electrons. The van der Waals surface area contributed by atoms with Gasteiger partial charge in [0.15, 0.2) is 0 Å². The Kier molecular flexibility index (Phi) is 8.30. The van der Waals surface area contributed by atoms with Crippen LogP contribution in [0.25, 0.3) is 0 Å². The lowest BCUT2D eigenvalue weighted by Crippen LogP contribution is -2.52. The van der Waals surface area contributed by atoms with Gasteiger partial charge in [0.05, 0.1) is 19.3 Å². The normalized spacial score (nSPS) is 28.7. The van der Waals surface area contributed by atoms with Gasteiger partial charge < -0.3 is 19.3 Å². The number of morpholine rings is 1. The predicted octanol–water partition coefficient (Wildman–Crippen LogP) is 3.29. The first-order valence-corrected chi connectivity index (χ1v) is 12.7. The molecule has 2 saturated heterocycles. The Morgan fingerprint density at radius 1 is 1.00 bits per heavy atom. The van der Waals surface area contributed by atoms with Gasteiger partial charge >= 0.3 is 6.09 Å². The van der Waals surface area contributed by atoms with Crippen LogP contribution in [0, 0.1) is 11.8 Å². The van der Waals surface area contributed by atoms with Gasteiger partial charge in [-0.25, -0.2) is 4.79 Å². The average Bonchev–Trinajstić information content (AvgIpc) is 3.19. The van der Waals surface area contributed by atoms with Gasteiger partial charge in [-0.05, 0) is 58.8 Å². The Morgan fingerprint density at radius 2 is 1.61 bits per heavy atom. The largest absolute Gasteiger partial charge is 0.444 e. The van der Waals surface area contributed by atoms with E-state index in [-0.39, 0.29) is 29.8 Å². The van der Waals surface area contributed by atoms with Crippen molar-refractivity contribution in [2.75, 3.05) is 32.8 Å². The van der Waals surface area contributed by atoms with E-state index in [0.29, 0.717) is 45.2 Å². The molecular formula is C25H43N3O5. The van der Waals surface area contributed by atoms with E-state index < -0.39 is 17.7 Å². The minimum Gasteiger partial charge on any atom is -0.444 e. The minimum absolute atomic E-state index is 0.0686. The maximum atomic E-state index is 13.5. The van der Waals surface area contributed by atoms with E-state index in [2.05, 4.69) is 6.92 Å². The van der Waals surface area contributed by atoms with Crippen LogP contribution in [-0.4, -0.2) is 89.2 Å². The number of hydrogen-bond acceptors (Lipinski definition) is 5. The first-order valence-electron chi connectivity index (χ1n) is 12.7. The number of carbonyl (C=O) groups excluding carboxylic acids is 3. The fourth-order valence-corrected chi connectivity index (χ4v) is 5.24. The van der Waals surface area contributed by atoms with Crippen molar-refractivity contribution < 1.29 is 23.9 Å². The molecule has 3 aliphatic rings. The van der Waals surface area contributed by atoms with E-state index in [1.165, 1.54) is 0 Å². The molecule has 188 valence electrons. The molecule has 33 heavy (non-hydrogen) atoms. The summed E-state index contributed by atoms with van der Waals surface area (Å²) in [6.07, 6.45) is 4.14. The summed E-state index contributed by atoms with van der Waals surface area (Å²) in [7, 11) is 0. The Bertz CT molecular complexity index is 705. The molecule has 1 aliphatic carbocycles. The molecule has 0 N–H and O–H groups in total. The molecule has 0 aromatic rings. The smallest absolute Gasteiger partial charge is 0.411 e. The zero-order valence-corrected chi connectivity index (χ0v) is 21.3. The maximum absolute atomic E-state index is 13.5. The standard InChI is InChI=1S/C25H43N3O5/c1-17(2)22(29)28(19-9-7-18(3)8-10-19)20-15-21(23(30)26-11-13-32-14-12-26)27(16-20)24(31)33-25(4,5)6/h17-21H,7-16H2,1-6H3/t18?,19?,20-,21-/m0/s1. The molecule has 2 aliphatic heterocycles. The summed E-state index contributed by atoms with van der Waals surface area (Å²) in [4.78, 5) is 45.4. The van der Waals surface area contributed by atoms with Gasteiger partial charge in [0, 0.05) is 31.6 Å². The highest BCUT2D eigenvalue weighted by Crippen LogP contribution is 2.34. The number of rotatable bonds is 4. The SMILES string of the molecule is CC1CCC(N(C(=O)C(C)C)[C@H]2C[C@@H](C(=O)N3CCOCC3)N(C(=O)OC(C)(C)C)C2)CC1. The summed E-state index contributed by atoms with van der Waals surface area (Å²) in [5.41, 5.74) is -0.658. The summed E-state index contributed by atoms with van der Waals surface area (Å²) < 4.78 is 11.1. The molecule has 3 rings (SSSR count). The van der Waals surface area contributed by atoms with Crippen molar-refractivity contribution in [3.8, 4) is 0 Å². The van der Waals surface area contributed by atoms with Crippen LogP contribution in [0.1, 0.15) is 73.6 Å². The number of nitrogens with zero attached hydrogens (tertiary/aromatic N) is 3. The topological polar surface area (TPSA) is 79.4 Å². The van der Waals surface area contributed by atoms with Crippen LogP contribution in [0.3, 0.4) is 0 Å². The van der Waals surface area contributed by atoms with Crippen LogP contribution in [0.2, 0.25) is 0 Å². The van der Waals surface area contributed by atoms with Gasteiger partial charge in [-0.1, -0.05) is 20.8 Å². The quantitative estimate of drug-likeness (QED) is 0.637. The Labute approximate surface area is 198 Å². The molecule has 1 saturated carbocycles. The van der Waals surface area contributed by atoms with Crippen LogP contribution >= 0.6 is 0 Å². The van der Waals surface area contributed by atoms with Crippen LogP contribution in [0.5, 0.6) is 0 Å². The lowest BCUT2D eigenvalue weighted by atomic mass is 9.85. The first kappa shape index (κ1) is 25.8. The lowest BCUT2D eigenvalue weighted by Gasteiger charge is -2.41. The molecule has 0 aromatic carbocycles. The monoisotopic (exact) mass is 465 g/mol. The zero-order chi connectivity index (χ0) is 24.3. The van der Waals surface area contributed by atoms with Crippen molar-refractivity contribution in [2.45, 2.75) is 97.4 Å². The molecule has 3 amide bonds. The third-order valence-corrected chi connectivity index (χ3v) is 7.04. The first-order chi connectivity index (χ1) is 15.5. The Hall–Kier alpha value is -1.83. The highest BCUT2D eigenvalue weighted by atomic mass is 16.6. The molecule has 0 unspecified atom stereocenters. The van der Waals surface area contributed by atoms with E-state index in [1.807, 2.05) is 39.5 Å². The highest BCUT2D eigenvalue weighted by Gasteiger charge is 2.47. The molecule has 0 bridgehead atoms. The second-order valence-corrected chi connectivity index (χ2v) is 11.3. The van der Waals surface area contributed by atoms with E-state index in [9.17, 15) is 14.4 Å². The maximum Gasteiger partial charge on any atom is 0.411 e. The van der Waals surface area contributed by atoms with Gasteiger partial charge in [-0.3, -0.25) is 14.5 Å². The van der Waals surface area contributed by atoms with Crippen LogP contribution < -0.4 is 0 Å². The predicted molar refractivity (Wildman–Crippen MR) is 126 cm³/mol. The molecule has 2 heterocycles. The second-order valence-electron chi connectivity index (χ2n) is 11.3. The summed E-state index contributed by atoms with van der Waals surface area (Å²) in [6.45, 7) is 14.0. The van der Waals surface area contributed by atoms with Crippen LogP contribution in [-0.2, 0) is 19.1 Å². The minimum atomic E-state index is -0.658. The zero-order valence-electron chi connectivity index (χ0n) is 21.3. The number of ether oxygens (including phenoxy) is 2.